The molecular weight excluding hydrogens is 400 g/mol. The molecule has 1 saturated carbocycles. The van der Waals surface area contributed by atoms with Gasteiger partial charge in [0.25, 0.3) is 0 Å². The summed E-state index contributed by atoms with van der Waals surface area (Å²) in [5, 5.41) is 65.3. The van der Waals surface area contributed by atoms with E-state index in [1.165, 1.54) is 19.9 Å². The minimum atomic E-state index is -1.50. The molecule has 10 atom stereocenters. The third-order valence-electron chi connectivity index (χ3n) is 8.38. The van der Waals surface area contributed by atoms with Crippen molar-refractivity contribution < 1.29 is 35.4 Å². The van der Waals surface area contributed by atoms with Crippen LogP contribution in [0.3, 0.4) is 0 Å². The Morgan fingerprint density at radius 3 is 1.84 bits per heavy atom. The normalized spacial score (nSPS) is 53.3. The summed E-state index contributed by atoms with van der Waals surface area (Å²) in [6, 6.07) is 0. The van der Waals surface area contributed by atoms with Crippen LogP contribution < -0.4 is 0 Å². The molecule has 176 valence electrons. The average Bonchev–Trinajstić information content (AvgIpc) is 2.78. The summed E-state index contributed by atoms with van der Waals surface area (Å²) in [6.07, 6.45) is -0.818. The fraction of sp³-hybridized carbons (Fsp3) is 0.833. The van der Waals surface area contributed by atoms with Gasteiger partial charge in [0.1, 0.15) is 6.10 Å². The van der Waals surface area contributed by atoms with Crippen LogP contribution in [0.1, 0.15) is 54.4 Å². The third-order valence-corrected chi connectivity index (χ3v) is 8.38. The molecule has 2 fully saturated rings. The van der Waals surface area contributed by atoms with Gasteiger partial charge in [-0.25, -0.2) is 0 Å². The Hall–Kier alpha value is -0.800. The summed E-state index contributed by atoms with van der Waals surface area (Å²) in [5.41, 5.74) is -2.95. The monoisotopic (exact) mass is 438 g/mol. The Bertz CT molecular complexity index is 809. The Kier molecular flexibility index (Phi) is 5.17. The van der Waals surface area contributed by atoms with Gasteiger partial charge < -0.3 is 35.4 Å². The minimum Gasteiger partial charge on any atom is -0.389 e. The Morgan fingerprint density at radius 1 is 0.742 bits per heavy atom. The lowest BCUT2D eigenvalue weighted by Gasteiger charge is -2.54. The first kappa shape index (κ1) is 23.4. The molecule has 4 aliphatic rings. The summed E-state index contributed by atoms with van der Waals surface area (Å²) in [6.45, 7) is 11.0. The number of aliphatic hydroxyl groups is 6. The molecule has 4 rings (SSSR count). The van der Waals surface area contributed by atoms with E-state index in [1.807, 2.05) is 33.8 Å². The molecule has 0 spiro atoms. The second-order valence-corrected chi connectivity index (χ2v) is 11.8. The quantitative estimate of drug-likeness (QED) is 0.332. The van der Waals surface area contributed by atoms with Crippen molar-refractivity contribution >= 4 is 0 Å². The SMILES string of the molecule is CC1(C)OC(C)(C)[C@@H]2C=C3[C@@H]([C@H](C4=C[C@H](O)[C@](C)(O)C[C@@H]4O)[C@H]21)[C@H](O)[C@](C)(O)C[C@@H]3O. The van der Waals surface area contributed by atoms with Crippen molar-refractivity contribution in [1.29, 1.82) is 0 Å². The molecule has 0 aromatic rings. The predicted octanol–water partition coefficient (Wildman–Crippen LogP) is 0.658. The van der Waals surface area contributed by atoms with Gasteiger partial charge in [-0.1, -0.05) is 12.2 Å². The van der Waals surface area contributed by atoms with E-state index >= 15 is 0 Å². The molecular formula is C24H38O7. The summed E-state index contributed by atoms with van der Waals surface area (Å²) in [4.78, 5) is 0. The summed E-state index contributed by atoms with van der Waals surface area (Å²) in [5.74, 6) is -1.41. The summed E-state index contributed by atoms with van der Waals surface area (Å²) in [7, 11) is 0. The number of aliphatic hydroxyl groups excluding tert-OH is 4. The van der Waals surface area contributed by atoms with Crippen molar-refractivity contribution in [3.05, 3.63) is 23.3 Å². The lowest BCUT2D eigenvalue weighted by atomic mass is 9.52. The first-order valence-corrected chi connectivity index (χ1v) is 11.3. The number of fused-ring (bicyclic) bond motifs is 2. The fourth-order valence-corrected chi connectivity index (χ4v) is 6.97. The highest BCUT2D eigenvalue weighted by molar-refractivity contribution is 5.37. The van der Waals surface area contributed by atoms with E-state index in [4.69, 9.17) is 4.74 Å². The van der Waals surface area contributed by atoms with Crippen LogP contribution in [0.5, 0.6) is 0 Å². The van der Waals surface area contributed by atoms with Gasteiger partial charge >= 0.3 is 0 Å². The van der Waals surface area contributed by atoms with Crippen LogP contribution in [0, 0.1) is 23.7 Å². The zero-order valence-electron chi connectivity index (χ0n) is 19.3. The number of ether oxygens (including phenoxy) is 1. The molecule has 0 amide bonds. The van der Waals surface area contributed by atoms with E-state index < -0.39 is 58.7 Å². The van der Waals surface area contributed by atoms with Crippen molar-refractivity contribution in [2.45, 2.75) is 101 Å². The van der Waals surface area contributed by atoms with Crippen molar-refractivity contribution in [2.75, 3.05) is 0 Å². The van der Waals surface area contributed by atoms with Crippen LogP contribution in [-0.2, 0) is 4.74 Å². The van der Waals surface area contributed by atoms with Crippen molar-refractivity contribution in [3.63, 3.8) is 0 Å². The molecule has 1 aliphatic heterocycles. The van der Waals surface area contributed by atoms with Crippen LogP contribution >= 0.6 is 0 Å². The molecule has 0 bridgehead atoms. The highest BCUT2D eigenvalue weighted by Crippen LogP contribution is 2.61. The van der Waals surface area contributed by atoms with Crippen LogP contribution in [0.4, 0.5) is 0 Å². The standard InChI is InChI=1S/C24H38O7/c1-21(2)13-7-11-15(26)10-24(6,30)20(28)18(11)17(19(13)22(3,4)31-21)12-8-16(27)23(5,29)9-14(12)25/h7-8,13-20,25-30H,9-10H2,1-6H3/t13-,14+,15+,16+,17+,18+,19+,20+,23-,24-/m1/s1. The van der Waals surface area contributed by atoms with Gasteiger partial charge in [0.05, 0.1) is 40.7 Å². The molecule has 0 aromatic carbocycles. The Labute approximate surface area is 184 Å². The highest BCUT2D eigenvalue weighted by Gasteiger charge is 2.64. The number of hydrogen-bond donors (Lipinski definition) is 6. The van der Waals surface area contributed by atoms with Gasteiger partial charge in [-0.05, 0) is 58.6 Å². The molecule has 7 nitrogen and oxygen atoms in total. The zero-order chi connectivity index (χ0) is 23.3. The lowest BCUT2D eigenvalue weighted by molar-refractivity contribution is -0.145. The van der Waals surface area contributed by atoms with E-state index in [1.54, 1.807) is 0 Å². The van der Waals surface area contributed by atoms with Gasteiger partial charge in [-0.2, -0.15) is 0 Å². The van der Waals surface area contributed by atoms with Crippen molar-refractivity contribution in [1.82, 2.24) is 0 Å². The van der Waals surface area contributed by atoms with E-state index in [9.17, 15) is 30.6 Å². The summed E-state index contributed by atoms with van der Waals surface area (Å²) >= 11 is 0. The van der Waals surface area contributed by atoms with E-state index in [0.29, 0.717) is 11.1 Å². The highest BCUT2D eigenvalue weighted by atomic mass is 16.5. The maximum Gasteiger partial charge on any atom is 0.101 e. The first-order chi connectivity index (χ1) is 14.0. The van der Waals surface area contributed by atoms with Crippen LogP contribution in [0.2, 0.25) is 0 Å². The third kappa shape index (κ3) is 3.44. The largest absolute Gasteiger partial charge is 0.389 e. The summed E-state index contributed by atoms with van der Waals surface area (Å²) < 4.78 is 6.44. The maximum absolute atomic E-state index is 11.3. The van der Waals surface area contributed by atoms with Gasteiger partial charge in [-0.15, -0.1) is 0 Å². The van der Waals surface area contributed by atoms with Gasteiger partial charge in [0, 0.05) is 30.6 Å². The Morgan fingerprint density at radius 2 is 1.26 bits per heavy atom. The molecule has 0 radical (unpaired) electrons. The molecule has 0 unspecified atom stereocenters. The number of hydrogen-bond acceptors (Lipinski definition) is 7. The average molecular weight is 439 g/mol. The molecule has 0 aromatic heterocycles. The second-order valence-electron chi connectivity index (χ2n) is 11.8. The van der Waals surface area contributed by atoms with Crippen LogP contribution in [-0.4, -0.2) is 77.5 Å². The fourth-order valence-electron chi connectivity index (χ4n) is 6.97. The van der Waals surface area contributed by atoms with E-state index in [0.717, 1.165) is 0 Å². The molecule has 6 N–H and O–H groups in total. The van der Waals surface area contributed by atoms with Gasteiger partial charge in [0.2, 0.25) is 0 Å². The Balaban J connectivity index is 1.93. The first-order valence-electron chi connectivity index (χ1n) is 11.3. The lowest BCUT2D eigenvalue weighted by Crippen LogP contribution is -2.60. The minimum absolute atomic E-state index is 0.0181. The van der Waals surface area contributed by atoms with Gasteiger partial charge in [-0.3, -0.25) is 0 Å². The molecule has 31 heavy (non-hydrogen) atoms. The molecule has 7 heteroatoms. The molecule has 3 aliphatic carbocycles. The van der Waals surface area contributed by atoms with Crippen molar-refractivity contribution in [2.24, 2.45) is 23.7 Å². The molecule has 1 saturated heterocycles. The van der Waals surface area contributed by atoms with Crippen LogP contribution in [0.15, 0.2) is 23.3 Å². The zero-order valence-corrected chi connectivity index (χ0v) is 19.3. The van der Waals surface area contributed by atoms with E-state index in [-0.39, 0.29) is 24.7 Å². The predicted molar refractivity (Wildman–Crippen MR) is 114 cm³/mol. The smallest absolute Gasteiger partial charge is 0.101 e. The topological polar surface area (TPSA) is 131 Å². The van der Waals surface area contributed by atoms with E-state index in [2.05, 4.69) is 0 Å². The van der Waals surface area contributed by atoms with Crippen molar-refractivity contribution in [3.8, 4) is 0 Å². The second kappa shape index (κ2) is 6.86. The number of rotatable bonds is 1. The van der Waals surface area contributed by atoms with Crippen LogP contribution in [0.25, 0.3) is 0 Å². The molecule has 1 heterocycles. The maximum atomic E-state index is 11.3. The van der Waals surface area contributed by atoms with Gasteiger partial charge in [0.15, 0.2) is 0 Å².